The van der Waals surface area contributed by atoms with E-state index in [2.05, 4.69) is 28.3 Å². The third-order valence-corrected chi connectivity index (χ3v) is 1.13. The number of halogens is 2. The Bertz CT molecular complexity index is 70.1. The van der Waals surface area contributed by atoms with Crippen LogP contribution in [-0.2, 0) is 0 Å². The van der Waals surface area contributed by atoms with Crippen molar-refractivity contribution in [2.45, 2.75) is 0 Å². The summed E-state index contributed by atoms with van der Waals surface area (Å²) >= 11 is 6.77. The number of hydrogen-bond acceptors (Lipinski definition) is 3. The van der Waals surface area contributed by atoms with Crippen molar-refractivity contribution in [2.24, 2.45) is 11.5 Å². The molecule has 6 heteroatoms. The summed E-state index contributed by atoms with van der Waals surface area (Å²) in [5.41, 5.74) is 10.1. The van der Waals surface area contributed by atoms with Crippen LogP contribution in [0, 0.1) is 5.41 Å². The molecule has 0 aromatic carbocycles. The van der Waals surface area contributed by atoms with E-state index in [0.717, 1.165) is 5.75 Å². The van der Waals surface area contributed by atoms with Crippen molar-refractivity contribution < 1.29 is 0 Å². The molecule has 0 unspecified atom stereocenters. The van der Waals surface area contributed by atoms with Gasteiger partial charge in [-0.05, 0) is 0 Å². The van der Waals surface area contributed by atoms with E-state index in [1.807, 2.05) is 0 Å². The molecule has 56 valence electrons. The van der Waals surface area contributed by atoms with Crippen LogP contribution in [0.2, 0.25) is 0 Å². The molecule has 0 saturated carbocycles. The fourth-order valence-electron chi connectivity index (χ4n) is 0.169. The van der Waals surface area contributed by atoms with Crippen molar-refractivity contribution in [3.05, 3.63) is 0 Å². The molecule has 0 aliphatic rings. The zero-order valence-electron chi connectivity index (χ0n) is 4.73. The Morgan fingerprint density at radius 1 is 1.56 bits per heavy atom. The highest BCUT2D eigenvalue weighted by atomic mass is 80.9. The van der Waals surface area contributed by atoms with Crippen molar-refractivity contribution in [3.8, 4) is 0 Å². The fourth-order valence-corrected chi connectivity index (χ4v) is 0.507. The summed E-state index contributed by atoms with van der Waals surface area (Å²) in [7, 11) is 0. The second-order valence-electron chi connectivity index (χ2n) is 1.00. The van der Waals surface area contributed by atoms with Gasteiger partial charge in [-0.25, -0.2) is 0 Å². The van der Waals surface area contributed by atoms with Crippen LogP contribution in [0.5, 0.6) is 0 Å². The largest absolute Gasteiger partial charge is 0.379 e. The molecule has 0 heterocycles. The number of amidine groups is 1. The van der Waals surface area contributed by atoms with Crippen molar-refractivity contribution >= 4 is 45.2 Å². The van der Waals surface area contributed by atoms with Gasteiger partial charge in [0.15, 0.2) is 5.17 Å². The van der Waals surface area contributed by atoms with Crippen LogP contribution in [0.1, 0.15) is 0 Å². The third-order valence-electron chi connectivity index (χ3n) is 0.375. The molecule has 0 amide bonds. The molecule has 3 nitrogen and oxygen atoms in total. The SMILES string of the molecule is BrBr.N=C(N)SCCN. The monoisotopic (exact) mass is 277 g/mol. The Hall–Kier alpha value is 0.740. The summed E-state index contributed by atoms with van der Waals surface area (Å²) in [6.07, 6.45) is 0. The molecular formula is C3H9Br2N3S. The van der Waals surface area contributed by atoms with Gasteiger partial charge in [0.05, 0.1) is 0 Å². The van der Waals surface area contributed by atoms with Crippen LogP contribution in [0.3, 0.4) is 0 Å². The maximum Gasteiger partial charge on any atom is 0.151 e. The second-order valence-corrected chi connectivity index (χ2v) is 2.14. The van der Waals surface area contributed by atoms with Gasteiger partial charge < -0.3 is 11.5 Å². The second kappa shape index (κ2) is 11.5. The van der Waals surface area contributed by atoms with Gasteiger partial charge in [-0.15, -0.1) is 0 Å². The standard InChI is InChI=1S/C3H9N3S.Br2/c4-1-2-7-3(5)6;1-2/h1-2,4H2,(H3,5,6);. The van der Waals surface area contributed by atoms with E-state index < -0.39 is 0 Å². The van der Waals surface area contributed by atoms with E-state index in [4.69, 9.17) is 16.9 Å². The molecule has 0 atom stereocenters. The lowest BCUT2D eigenvalue weighted by molar-refractivity contribution is 1.15. The van der Waals surface area contributed by atoms with Crippen molar-refractivity contribution in [1.82, 2.24) is 0 Å². The Kier molecular flexibility index (Phi) is 15.9. The van der Waals surface area contributed by atoms with Gasteiger partial charge in [0.1, 0.15) is 0 Å². The predicted molar refractivity (Wildman–Crippen MR) is 51.3 cm³/mol. The van der Waals surface area contributed by atoms with E-state index >= 15 is 0 Å². The zero-order chi connectivity index (χ0) is 7.70. The lowest BCUT2D eigenvalue weighted by Crippen LogP contribution is -2.09. The average molecular weight is 279 g/mol. The van der Waals surface area contributed by atoms with Gasteiger partial charge in [0, 0.05) is 40.6 Å². The number of hydrogen-bond donors (Lipinski definition) is 3. The normalized spacial score (nSPS) is 7.44. The van der Waals surface area contributed by atoms with Crippen LogP contribution >= 0.6 is 40.0 Å². The molecule has 0 saturated heterocycles. The molecule has 0 fully saturated rings. The lowest BCUT2D eigenvalue weighted by atomic mass is 10.8. The predicted octanol–water partition coefficient (Wildman–Crippen LogP) is 1.26. The highest BCUT2D eigenvalue weighted by Gasteiger charge is 1.84. The summed E-state index contributed by atoms with van der Waals surface area (Å²) in [5, 5.41) is 6.83. The van der Waals surface area contributed by atoms with Crippen molar-refractivity contribution in [3.63, 3.8) is 0 Å². The minimum atomic E-state index is 0.144. The molecular weight excluding hydrogens is 270 g/mol. The molecule has 0 bridgehead atoms. The molecule has 0 radical (unpaired) electrons. The first-order valence-corrected chi connectivity index (χ1v) is 6.78. The summed E-state index contributed by atoms with van der Waals surface area (Å²) < 4.78 is 0. The van der Waals surface area contributed by atoms with E-state index in [1.165, 1.54) is 11.8 Å². The highest BCUT2D eigenvalue weighted by Crippen LogP contribution is 1.92. The number of thioether (sulfide) groups is 1. The van der Waals surface area contributed by atoms with Crippen LogP contribution < -0.4 is 11.5 Å². The average Bonchev–Trinajstić information content (AvgIpc) is 1.88. The maximum atomic E-state index is 6.68. The van der Waals surface area contributed by atoms with Crippen LogP contribution in [0.25, 0.3) is 0 Å². The first kappa shape index (κ1) is 12.4. The molecule has 0 aromatic heterocycles. The Balaban J connectivity index is 0. The van der Waals surface area contributed by atoms with E-state index in [0.29, 0.717) is 6.54 Å². The zero-order valence-corrected chi connectivity index (χ0v) is 8.72. The number of nitrogens with one attached hydrogen (secondary N) is 1. The summed E-state index contributed by atoms with van der Waals surface area (Å²) in [6, 6.07) is 0. The molecule has 9 heavy (non-hydrogen) atoms. The highest BCUT2D eigenvalue weighted by molar-refractivity contribution is 9.93. The fraction of sp³-hybridized carbons (Fsp3) is 0.667. The minimum Gasteiger partial charge on any atom is -0.379 e. The first-order chi connectivity index (χ1) is 4.27. The van der Waals surface area contributed by atoms with E-state index in [9.17, 15) is 0 Å². The van der Waals surface area contributed by atoms with Crippen molar-refractivity contribution in [1.29, 1.82) is 5.41 Å². The van der Waals surface area contributed by atoms with Crippen molar-refractivity contribution in [2.75, 3.05) is 12.3 Å². The summed E-state index contributed by atoms with van der Waals surface area (Å²) in [5.74, 6) is 0.745. The Morgan fingerprint density at radius 3 is 2.11 bits per heavy atom. The molecule has 0 aliphatic heterocycles. The molecule has 0 rings (SSSR count). The first-order valence-electron chi connectivity index (χ1n) is 2.08. The number of nitrogens with two attached hydrogens (primary N) is 2. The molecule has 0 aromatic rings. The lowest BCUT2D eigenvalue weighted by Gasteiger charge is -1.90. The summed E-state index contributed by atoms with van der Waals surface area (Å²) in [4.78, 5) is 0. The van der Waals surface area contributed by atoms with Gasteiger partial charge in [0.25, 0.3) is 0 Å². The Morgan fingerprint density at radius 2 is 2.00 bits per heavy atom. The topological polar surface area (TPSA) is 75.9 Å². The molecule has 5 N–H and O–H groups in total. The smallest absolute Gasteiger partial charge is 0.151 e. The summed E-state index contributed by atoms with van der Waals surface area (Å²) in [6.45, 7) is 0.588. The quantitative estimate of drug-likeness (QED) is 0.526. The van der Waals surface area contributed by atoms with Gasteiger partial charge in [-0.2, -0.15) is 0 Å². The van der Waals surface area contributed by atoms with Gasteiger partial charge in [-0.3, -0.25) is 5.41 Å². The number of rotatable bonds is 2. The molecule has 0 aliphatic carbocycles. The van der Waals surface area contributed by atoms with Crippen LogP contribution in [-0.4, -0.2) is 17.5 Å². The Labute approximate surface area is 74.3 Å². The minimum absolute atomic E-state index is 0.144. The van der Waals surface area contributed by atoms with Gasteiger partial charge in [0.2, 0.25) is 0 Å². The van der Waals surface area contributed by atoms with E-state index in [-0.39, 0.29) is 5.17 Å². The van der Waals surface area contributed by atoms with E-state index in [1.54, 1.807) is 0 Å². The van der Waals surface area contributed by atoms with Gasteiger partial charge >= 0.3 is 0 Å². The third kappa shape index (κ3) is 17.7. The molecule has 0 spiro atoms. The van der Waals surface area contributed by atoms with Gasteiger partial charge in [-0.1, -0.05) is 11.8 Å². The maximum absolute atomic E-state index is 6.68. The van der Waals surface area contributed by atoms with Crippen LogP contribution in [0.15, 0.2) is 0 Å². The van der Waals surface area contributed by atoms with Crippen LogP contribution in [0.4, 0.5) is 0 Å².